The average molecular weight is 235 g/mol. The Bertz CT molecular complexity index is 319. The van der Waals surface area contributed by atoms with Crippen LogP contribution in [-0.2, 0) is 0 Å². The number of hydrogen-bond acceptors (Lipinski definition) is 4. The van der Waals surface area contributed by atoms with Gasteiger partial charge < -0.3 is 9.73 Å². The number of piperidine rings is 1. The van der Waals surface area contributed by atoms with Gasteiger partial charge in [-0.15, -0.1) is 10.2 Å². The van der Waals surface area contributed by atoms with Gasteiger partial charge in [0.1, 0.15) is 0 Å². The van der Waals surface area contributed by atoms with Crippen molar-refractivity contribution in [3.63, 3.8) is 0 Å². The summed E-state index contributed by atoms with van der Waals surface area (Å²) in [5.74, 6) is 2.80. The second-order valence-corrected chi connectivity index (χ2v) is 5.34. The normalized spacial score (nSPS) is 24.0. The maximum absolute atomic E-state index is 5.91. The molecule has 1 N–H and O–H groups in total. The summed E-state index contributed by atoms with van der Waals surface area (Å²) in [6, 6.07) is 0. The maximum Gasteiger partial charge on any atom is 0.219 e. The van der Waals surface area contributed by atoms with Crippen LogP contribution in [0.2, 0.25) is 0 Å². The van der Waals surface area contributed by atoms with E-state index in [0.717, 1.165) is 37.7 Å². The van der Waals surface area contributed by atoms with E-state index in [1.54, 1.807) is 0 Å². The summed E-state index contributed by atoms with van der Waals surface area (Å²) in [6.45, 7) is 2.15. The van der Waals surface area contributed by atoms with Gasteiger partial charge in [-0.2, -0.15) is 0 Å². The highest BCUT2D eigenvalue weighted by atomic mass is 16.4. The van der Waals surface area contributed by atoms with Crippen LogP contribution in [0.1, 0.15) is 68.6 Å². The number of aromatic nitrogens is 2. The molecule has 2 aliphatic rings. The van der Waals surface area contributed by atoms with Gasteiger partial charge in [-0.1, -0.05) is 19.3 Å². The molecule has 0 unspecified atom stereocenters. The van der Waals surface area contributed by atoms with Crippen molar-refractivity contribution in [2.75, 3.05) is 13.1 Å². The van der Waals surface area contributed by atoms with E-state index in [-0.39, 0.29) is 0 Å². The second kappa shape index (κ2) is 5.17. The molecule has 1 saturated heterocycles. The fourth-order valence-corrected chi connectivity index (χ4v) is 2.99. The zero-order valence-electron chi connectivity index (χ0n) is 10.3. The van der Waals surface area contributed by atoms with Crippen LogP contribution in [0, 0.1) is 0 Å². The zero-order valence-corrected chi connectivity index (χ0v) is 10.3. The molecule has 94 valence electrons. The van der Waals surface area contributed by atoms with Gasteiger partial charge in [-0.3, -0.25) is 0 Å². The minimum Gasteiger partial charge on any atom is -0.425 e. The van der Waals surface area contributed by atoms with Crippen LogP contribution in [0.4, 0.5) is 0 Å². The third-order valence-corrected chi connectivity index (χ3v) is 4.10. The molecule has 1 aliphatic heterocycles. The Morgan fingerprint density at radius 3 is 2.06 bits per heavy atom. The van der Waals surface area contributed by atoms with Crippen LogP contribution < -0.4 is 5.32 Å². The molecule has 0 radical (unpaired) electrons. The van der Waals surface area contributed by atoms with Crippen molar-refractivity contribution in [1.29, 1.82) is 0 Å². The first kappa shape index (κ1) is 11.2. The van der Waals surface area contributed by atoms with Gasteiger partial charge in [-0.05, 0) is 38.8 Å². The SMILES string of the molecule is C1CCC(c2nnc(C3CCNCC3)o2)CC1. The van der Waals surface area contributed by atoms with E-state index in [1.807, 2.05) is 0 Å². The maximum atomic E-state index is 5.91. The lowest BCUT2D eigenvalue weighted by Gasteiger charge is -2.20. The van der Waals surface area contributed by atoms with Crippen molar-refractivity contribution >= 4 is 0 Å². The topological polar surface area (TPSA) is 51.0 Å². The Morgan fingerprint density at radius 1 is 0.824 bits per heavy atom. The fourth-order valence-electron chi connectivity index (χ4n) is 2.99. The molecular formula is C13H21N3O. The molecule has 0 aromatic carbocycles. The van der Waals surface area contributed by atoms with Crippen LogP contribution in [0.3, 0.4) is 0 Å². The molecule has 2 fully saturated rings. The quantitative estimate of drug-likeness (QED) is 0.856. The van der Waals surface area contributed by atoms with Gasteiger partial charge in [0, 0.05) is 11.8 Å². The van der Waals surface area contributed by atoms with Crippen molar-refractivity contribution in [2.24, 2.45) is 0 Å². The van der Waals surface area contributed by atoms with Crippen LogP contribution in [0.25, 0.3) is 0 Å². The van der Waals surface area contributed by atoms with Crippen molar-refractivity contribution in [3.05, 3.63) is 11.8 Å². The molecule has 3 rings (SSSR count). The van der Waals surface area contributed by atoms with Crippen LogP contribution in [-0.4, -0.2) is 23.3 Å². The highest BCUT2D eigenvalue weighted by molar-refractivity contribution is 4.98. The Hall–Kier alpha value is -0.900. The van der Waals surface area contributed by atoms with E-state index in [2.05, 4.69) is 15.5 Å². The molecule has 1 saturated carbocycles. The zero-order chi connectivity index (χ0) is 11.5. The molecule has 1 aliphatic carbocycles. The lowest BCUT2D eigenvalue weighted by molar-refractivity contribution is 0.323. The third-order valence-electron chi connectivity index (χ3n) is 4.10. The first-order valence-electron chi connectivity index (χ1n) is 6.97. The summed E-state index contributed by atoms with van der Waals surface area (Å²) >= 11 is 0. The molecule has 2 heterocycles. The highest BCUT2D eigenvalue weighted by Crippen LogP contribution is 2.33. The molecule has 1 aromatic rings. The lowest BCUT2D eigenvalue weighted by Crippen LogP contribution is -2.26. The first-order chi connectivity index (χ1) is 8.43. The summed E-state index contributed by atoms with van der Waals surface area (Å²) in [6.07, 6.45) is 8.72. The molecule has 0 bridgehead atoms. The van der Waals surface area contributed by atoms with Crippen LogP contribution in [0.15, 0.2) is 4.42 Å². The smallest absolute Gasteiger partial charge is 0.219 e. The number of hydrogen-bond donors (Lipinski definition) is 1. The summed E-state index contributed by atoms with van der Waals surface area (Å²) in [4.78, 5) is 0. The summed E-state index contributed by atoms with van der Waals surface area (Å²) < 4.78 is 5.91. The van der Waals surface area contributed by atoms with Crippen molar-refractivity contribution in [1.82, 2.24) is 15.5 Å². The third kappa shape index (κ3) is 2.51. The predicted molar refractivity (Wildman–Crippen MR) is 65.0 cm³/mol. The van der Waals surface area contributed by atoms with Crippen LogP contribution >= 0.6 is 0 Å². The average Bonchev–Trinajstić information content (AvgIpc) is 2.90. The van der Waals surface area contributed by atoms with Crippen LogP contribution in [0.5, 0.6) is 0 Å². The Balaban J connectivity index is 1.68. The van der Waals surface area contributed by atoms with E-state index in [1.165, 1.54) is 32.1 Å². The van der Waals surface area contributed by atoms with Crippen molar-refractivity contribution in [3.8, 4) is 0 Å². The minimum absolute atomic E-state index is 0.487. The molecule has 0 spiro atoms. The molecular weight excluding hydrogens is 214 g/mol. The van der Waals surface area contributed by atoms with Crippen molar-refractivity contribution < 1.29 is 4.42 Å². The van der Waals surface area contributed by atoms with Gasteiger partial charge in [0.25, 0.3) is 0 Å². The minimum atomic E-state index is 0.487. The number of nitrogens with one attached hydrogen (secondary N) is 1. The standard InChI is InChI=1S/C13H21N3O/c1-2-4-10(5-3-1)12-15-16-13(17-12)11-6-8-14-9-7-11/h10-11,14H,1-9H2. The molecule has 1 aromatic heterocycles. The van der Waals surface area contributed by atoms with E-state index < -0.39 is 0 Å². The van der Waals surface area contributed by atoms with Gasteiger partial charge in [0.05, 0.1) is 0 Å². The molecule has 0 amide bonds. The fraction of sp³-hybridized carbons (Fsp3) is 0.846. The Kier molecular flexibility index (Phi) is 3.41. The van der Waals surface area contributed by atoms with E-state index in [0.29, 0.717) is 11.8 Å². The van der Waals surface area contributed by atoms with Gasteiger partial charge in [0.15, 0.2) is 0 Å². The Morgan fingerprint density at radius 2 is 1.41 bits per heavy atom. The second-order valence-electron chi connectivity index (χ2n) is 5.34. The number of rotatable bonds is 2. The van der Waals surface area contributed by atoms with Crippen molar-refractivity contribution in [2.45, 2.75) is 56.8 Å². The molecule has 17 heavy (non-hydrogen) atoms. The summed E-state index contributed by atoms with van der Waals surface area (Å²) in [7, 11) is 0. The molecule has 4 heteroatoms. The van der Waals surface area contributed by atoms with Gasteiger partial charge in [-0.25, -0.2) is 0 Å². The Labute approximate surface area is 102 Å². The van der Waals surface area contributed by atoms with Gasteiger partial charge >= 0.3 is 0 Å². The van der Waals surface area contributed by atoms with E-state index in [9.17, 15) is 0 Å². The first-order valence-corrected chi connectivity index (χ1v) is 6.97. The molecule has 0 atom stereocenters. The predicted octanol–water partition coefficient (Wildman–Crippen LogP) is 2.58. The summed E-state index contributed by atoms with van der Waals surface area (Å²) in [5, 5.41) is 11.9. The monoisotopic (exact) mass is 235 g/mol. The van der Waals surface area contributed by atoms with Gasteiger partial charge in [0.2, 0.25) is 11.8 Å². The van der Waals surface area contributed by atoms with E-state index in [4.69, 9.17) is 4.42 Å². The van der Waals surface area contributed by atoms with E-state index >= 15 is 0 Å². The summed E-state index contributed by atoms with van der Waals surface area (Å²) in [5.41, 5.74) is 0. The number of nitrogens with zero attached hydrogens (tertiary/aromatic N) is 2. The highest BCUT2D eigenvalue weighted by Gasteiger charge is 2.25. The molecule has 4 nitrogen and oxygen atoms in total. The largest absolute Gasteiger partial charge is 0.425 e. The lowest BCUT2D eigenvalue weighted by atomic mass is 9.89.